The fourth-order valence-electron chi connectivity index (χ4n) is 4.41. The minimum absolute atomic E-state index is 0.00386. The van der Waals surface area contributed by atoms with Crippen molar-refractivity contribution >= 4 is 17.8 Å². The predicted octanol–water partition coefficient (Wildman–Crippen LogP) is 3.39. The van der Waals surface area contributed by atoms with Gasteiger partial charge < -0.3 is 19.9 Å². The van der Waals surface area contributed by atoms with Gasteiger partial charge in [0.1, 0.15) is 6.04 Å². The summed E-state index contributed by atoms with van der Waals surface area (Å²) in [6, 6.07) is 16.6. The fourth-order valence-corrected chi connectivity index (χ4v) is 4.41. The van der Waals surface area contributed by atoms with Gasteiger partial charge in [-0.15, -0.1) is 0 Å². The number of rotatable bonds is 7. The highest BCUT2D eigenvalue weighted by Crippen LogP contribution is 2.26. The third kappa shape index (κ3) is 5.64. The number of hydrogen-bond donors (Lipinski definition) is 2. The molecule has 1 aliphatic rings. The zero-order valence-corrected chi connectivity index (χ0v) is 20.9. The lowest BCUT2D eigenvalue weighted by Crippen LogP contribution is -2.53. The van der Waals surface area contributed by atoms with Crippen molar-refractivity contribution in [3.8, 4) is 0 Å². The number of carbonyl (C=O) groups excluding carboxylic acids is 2. The van der Waals surface area contributed by atoms with Crippen molar-refractivity contribution in [2.24, 2.45) is 0 Å². The fraction of sp³-hybridized carbons (Fsp3) is 0.357. The number of carbonyl (C=O) groups is 3. The molecule has 0 saturated heterocycles. The quantitative estimate of drug-likeness (QED) is 0.531. The molecule has 0 fully saturated rings. The Labute approximate surface area is 211 Å². The van der Waals surface area contributed by atoms with Crippen LogP contribution in [0.5, 0.6) is 0 Å². The molecule has 2 amide bonds. The van der Waals surface area contributed by atoms with Crippen LogP contribution in [0.2, 0.25) is 0 Å². The summed E-state index contributed by atoms with van der Waals surface area (Å²) in [5.74, 6) is -1.62. The van der Waals surface area contributed by atoms with E-state index in [9.17, 15) is 14.4 Å². The molecule has 8 nitrogen and oxygen atoms in total. The van der Waals surface area contributed by atoms with Crippen molar-refractivity contribution in [1.82, 2.24) is 19.8 Å². The maximum Gasteiger partial charge on any atom is 0.305 e. The summed E-state index contributed by atoms with van der Waals surface area (Å²) < 4.78 is 2.03. The van der Waals surface area contributed by atoms with Crippen molar-refractivity contribution in [3.05, 3.63) is 89.0 Å². The second-order valence-corrected chi connectivity index (χ2v) is 10.2. The molecule has 36 heavy (non-hydrogen) atoms. The van der Waals surface area contributed by atoms with Crippen molar-refractivity contribution in [3.63, 3.8) is 0 Å². The molecule has 0 radical (unpaired) electrons. The summed E-state index contributed by atoms with van der Waals surface area (Å²) in [4.78, 5) is 43.5. The molecule has 1 aliphatic heterocycles. The van der Waals surface area contributed by atoms with Crippen LogP contribution in [-0.4, -0.2) is 49.9 Å². The second kappa shape index (κ2) is 10.4. The van der Waals surface area contributed by atoms with Gasteiger partial charge in [0.2, 0.25) is 5.91 Å². The number of carboxylic acid groups (broad SMARTS) is 1. The molecule has 4 rings (SSSR count). The molecule has 188 valence electrons. The monoisotopic (exact) mass is 488 g/mol. The first-order chi connectivity index (χ1) is 17.1. The van der Waals surface area contributed by atoms with Crippen molar-refractivity contribution in [2.75, 3.05) is 6.54 Å². The van der Waals surface area contributed by atoms with E-state index in [-0.39, 0.29) is 43.2 Å². The predicted molar refractivity (Wildman–Crippen MR) is 136 cm³/mol. The summed E-state index contributed by atoms with van der Waals surface area (Å²) in [6.07, 6.45) is 1.85. The van der Waals surface area contributed by atoms with Gasteiger partial charge in [0, 0.05) is 25.1 Å². The van der Waals surface area contributed by atoms with Gasteiger partial charge >= 0.3 is 5.97 Å². The molecule has 0 aliphatic carbocycles. The van der Waals surface area contributed by atoms with Crippen LogP contribution < -0.4 is 5.32 Å². The van der Waals surface area contributed by atoms with Gasteiger partial charge in [-0.1, -0.05) is 63.2 Å². The Balaban J connectivity index is 1.59. The zero-order chi connectivity index (χ0) is 25.9. The summed E-state index contributed by atoms with van der Waals surface area (Å²) in [7, 11) is 0. The number of amides is 2. The lowest BCUT2D eigenvalue weighted by Gasteiger charge is -2.35. The van der Waals surface area contributed by atoms with E-state index in [0.29, 0.717) is 12.1 Å². The Morgan fingerprint density at radius 2 is 1.75 bits per heavy atom. The van der Waals surface area contributed by atoms with E-state index in [2.05, 4.69) is 55.3 Å². The summed E-state index contributed by atoms with van der Waals surface area (Å²) in [6.45, 7) is 7.39. The average Bonchev–Trinajstić information content (AvgIpc) is 3.24. The van der Waals surface area contributed by atoms with Crippen molar-refractivity contribution < 1.29 is 19.5 Å². The average molecular weight is 489 g/mol. The molecule has 8 heteroatoms. The van der Waals surface area contributed by atoms with E-state index in [4.69, 9.17) is 5.11 Å². The van der Waals surface area contributed by atoms with E-state index in [1.165, 1.54) is 5.56 Å². The van der Waals surface area contributed by atoms with E-state index in [1.807, 2.05) is 10.6 Å². The molecule has 3 aromatic rings. The van der Waals surface area contributed by atoms with E-state index >= 15 is 0 Å². The Kier molecular flexibility index (Phi) is 7.24. The minimum Gasteiger partial charge on any atom is -0.481 e. The van der Waals surface area contributed by atoms with Gasteiger partial charge in [-0.3, -0.25) is 14.4 Å². The maximum atomic E-state index is 13.5. The van der Waals surface area contributed by atoms with Crippen LogP contribution in [0.15, 0.2) is 60.9 Å². The molecular weight excluding hydrogens is 456 g/mol. The van der Waals surface area contributed by atoms with Gasteiger partial charge in [-0.25, -0.2) is 4.98 Å². The number of benzene rings is 2. The topological polar surface area (TPSA) is 105 Å². The number of nitrogens with one attached hydrogen (secondary N) is 1. The zero-order valence-electron chi connectivity index (χ0n) is 20.9. The van der Waals surface area contributed by atoms with Crippen LogP contribution in [0, 0.1) is 0 Å². The first-order valence-electron chi connectivity index (χ1n) is 12.1. The van der Waals surface area contributed by atoms with Crippen LogP contribution in [0.3, 0.4) is 0 Å². The first kappa shape index (κ1) is 25.2. The molecule has 0 bridgehead atoms. The lowest BCUT2D eigenvalue weighted by molar-refractivity contribution is -0.137. The summed E-state index contributed by atoms with van der Waals surface area (Å²) >= 11 is 0. The number of fused-ring (bicyclic) bond motifs is 1. The highest BCUT2D eigenvalue weighted by atomic mass is 16.4. The number of nitrogens with zero attached hydrogens (tertiary/aromatic N) is 3. The van der Waals surface area contributed by atoms with Crippen LogP contribution in [0.25, 0.3) is 0 Å². The van der Waals surface area contributed by atoms with Gasteiger partial charge in [-0.05, 0) is 28.7 Å². The third-order valence-electron chi connectivity index (χ3n) is 6.51. The highest BCUT2D eigenvalue weighted by molar-refractivity contribution is 5.98. The number of carboxylic acids is 1. The molecule has 2 heterocycles. The van der Waals surface area contributed by atoms with Gasteiger partial charge in [-0.2, -0.15) is 0 Å². The maximum absolute atomic E-state index is 13.5. The molecule has 0 saturated carbocycles. The molecule has 1 unspecified atom stereocenters. The number of hydrogen-bond acceptors (Lipinski definition) is 4. The van der Waals surface area contributed by atoms with Crippen molar-refractivity contribution in [1.29, 1.82) is 0 Å². The first-order valence-corrected chi connectivity index (χ1v) is 12.1. The Hall–Kier alpha value is -3.94. The van der Waals surface area contributed by atoms with Crippen LogP contribution in [-0.2, 0) is 34.5 Å². The lowest BCUT2D eigenvalue weighted by atomic mass is 9.87. The smallest absolute Gasteiger partial charge is 0.305 e. The van der Waals surface area contributed by atoms with Crippen LogP contribution >= 0.6 is 0 Å². The Bertz CT molecular complexity index is 1240. The van der Waals surface area contributed by atoms with Gasteiger partial charge in [0.25, 0.3) is 5.91 Å². The summed E-state index contributed by atoms with van der Waals surface area (Å²) in [5, 5.41) is 11.6. The van der Waals surface area contributed by atoms with E-state index < -0.39 is 12.0 Å². The standard InChI is InChI=1S/C28H32N4O4/c1-28(2,3)21-11-9-19(10-12-21)16-31-18-30-22-15-23(26(35)29-14-13-25(33)34)32(17-24(22)31)27(36)20-7-5-4-6-8-20/h4-12,18,23H,13-17H2,1-3H3,(H,29,35)(H,33,34). The van der Waals surface area contributed by atoms with E-state index in [1.54, 1.807) is 35.5 Å². The largest absolute Gasteiger partial charge is 0.481 e. The van der Waals surface area contributed by atoms with Gasteiger partial charge in [0.15, 0.2) is 0 Å². The van der Waals surface area contributed by atoms with Gasteiger partial charge in [0.05, 0.1) is 30.7 Å². The highest BCUT2D eigenvalue weighted by Gasteiger charge is 2.37. The summed E-state index contributed by atoms with van der Waals surface area (Å²) in [5.41, 5.74) is 4.62. The number of aliphatic carboxylic acids is 1. The second-order valence-electron chi connectivity index (χ2n) is 10.2. The minimum atomic E-state index is -0.993. The SMILES string of the molecule is CC(C)(C)c1ccc(Cn2cnc3c2CN(C(=O)c2ccccc2)C(C(=O)NCCC(=O)O)C3)cc1. The Morgan fingerprint density at radius 1 is 1.06 bits per heavy atom. The molecule has 1 aromatic heterocycles. The normalized spacial score (nSPS) is 15.3. The Morgan fingerprint density at radius 3 is 2.39 bits per heavy atom. The number of imidazole rings is 1. The molecule has 1 atom stereocenters. The number of aromatic nitrogens is 2. The molecule has 2 aromatic carbocycles. The van der Waals surface area contributed by atoms with Crippen LogP contribution in [0.1, 0.15) is 60.1 Å². The third-order valence-corrected chi connectivity index (χ3v) is 6.51. The van der Waals surface area contributed by atoms with Crippen molar-refractivity contribution in [2.45, 2.75) is 58.2 Å². The molecule has 2 N–H and O–H groups in total. The van der Waals surface area contributed by atoms with E-state index in [0.717, 1.165) is 17.0 Å². The molecular formula is C28H32N4O4. The van der Waals surface area contributed by atoms with Crippen LogP contribution in [0.4, 0.5) is 0 Å². The molecule has 0 spiro atoms.